The molecular weight excluding hydrogens is 292 g/mol. The molecule has 0 bridgehead atoms. The van der Waals surface area contributed by atoms with Crippen LogP contribution in [0.2, 0.25) is 0 Å². The molecular formula is C16H26N6O. The van der Waals surface area contributed by atoms with Crippen molar-refractivity contribution in [3.63, 3.8) is 0 Å². The second kappa shape index (κ2) is 6.78. The van der Waals surface area contributed by atoms with Crippen LogP contribution < -0.4 is 5.32 Å². The van der Waals surface area contributed by atoms with Gasteiger partial charge in [-0.3, -0.25) is 5.10 Å². The fourth-order valence-corrected chi connectivity index (χ4v) is 3.27. The van der Waals surface area contributed by atoms with Crippen molar-refractivity contribution in [1.29, 1.82) is 0 Å². The Morgan fingerprint density at radius 3 is 2.74 bits per heavy atom. The fourth-order valence-electron chi connectivity index (χ4n) is 3.27. The average molecular weight is 318 g/mol. The smallest absolute Gasteiger partial charge is 0.244 e. The van der Waals surface area contributed by atoms with Gasteiger partial charge in [0.1, 0.15) is 6.33 Å². The predicted octanol–water partition coefficient (Wildman–Crippen LogP) is 2.97. The van der Waals surface area contributed by atoms with Gasteiger partial charge in [-0.2, -0.15) is 10.1 Å². The third kappa shape index (κ3) is 3.60. The lowest BCUT2D eigenvalue weighted by molar-refractivity contribution is 0.189. The summed E-state index contributed by atoms with van der Waals surface area (Å²) in [6.45, 7) is 9.04. The number of nitrogens with one attached hydrogen (secondary N) is 2. The molecule has 23 heavy (non-hydrogen) atoms. The Morgan fingerprint density at radius 1 is 1.26 bits per heavy atom. The van der Waals surface area contributed by atoms with E-state index in [0.717, 1.165) is 11.8 Å². The van der Waals surface area contributed by atoms with E-state index in [4.69, 9.17) is 4.52 Å². The number of rotatable bonds is 5. The molecule has 2 aromatic rings. The van der Waals surface area contributed by atoms with Crippen LogP contribution in [-0.2, 0) is 0 Å². The fraction of sp³-hybridized carbons (Fsp3) is 0.750. The molecule has 7 heteroatoms. The molecule has 0 amide bonds. The Bertz CT molecular complexity index is 608. The highest BCUT2D eigenvalue weighted by molar-refractivity contribution is 5.39. The van der Waals surface area contributed by atoms with E-state index >= 15 is 0 Å². The summed E-state index contributed by atoms with van der Waals surface area (Å²) in [7, 11) is 0. The molecule has 0 aromatic carbocycles. The topological polar surface area (TPSA) is 92.5 Å². The summed E-state index contributed by atoms with van der Waals surface area (Å²) in [5.74, 6) is 3.54. The van der Waals surface area contributed by atoms with Gasteiger partial charge in [0.25, 0.3) is 0 Å². The highest BCUT2D eigenvalue weighted by atomic mass is 16.5. The predicted molar refractivity (Wildman–Crippen MR) is 86.4 cm³/mol. The summed E-state index contributed by atoms with van der Waals surface area (Å²) < 4.78 is 5.49. The van der Waals surface area contributed by atoms with Crippen LogP contribution >= 0.6 is 0 Å². The molecule has 3 rings (SSSR count). The molecule has 0 spiro atoms. The molecule has 0 saturated heterocycles. The number of aromatic amines is 1. The number of aromatic nitrogens is 5. The van der Waals surface area contributed by atoms with Crippen molar-refractivity contribution in [2.45, 2.75) is 59.0 Å². The summed E-state index contributed by atoms with van der Waals surface area (Å²) in [6.07, 6.45) is 5.12. The maximum atomic E-state index is 5.49. The van der Waals surface area contributed by atoms with E-state index in [-0.39, 0.29) is 6.04 Å². The number of hydrogen-bond acceptors (Lipinski definition) is 6. The average Bonchev–Trinajstić information content (AvgIpc) is 3.18. The molecule has 7 nitrogen and oxygen atoms in total. The van der Waals surface area contributed by atoms with Gasteiger partial charge in [0, 0.05) is 6.04 Å². The van der Waals surface area contributed by atoms with Gasteiger partial charge in [-0.1, -0.05) is 32.9 Å². The van der Waals surface area contributed by atoms with Crippen LogP contribution in [0.5, 0.6) is 0 Å². The zero-order chi connectivity index (χ0) is 16.4. The Morgan fingerprint density at radius 2 is 2.09 bits per heavy atom. The lowest BCUT2D eigenvalue weighted by Gasteiger charge is -2.35. The van der Waals surface area contributed by atoms with Crippen molar-refractivity contribution in [2.24, 2.45) is 17.8 Å². The van der Waals surface area contributed by atoms with Crippen LogP contribution in [0.3, 0.4) is 0 Å². The van der Waals surface area contributed by atoms with E-state index in [1.807, 2.05) is 0 Å². The quantitative estimate of drug-likeness (QED) is 0.880. The van der Waals surface area contributed by atoms with Crippen LogP contribution in [0.1, 0.15) is 58.9 Å². The molecule has 1 aliphatic carbocycles. The largest absolute Gasteiger partial charge is 0.337 e. The lowest BCUT2D eigenvalue weighted by atomic mass is 9.78. The van der Waals surface area contributed by atoms with Crippen molar-refractivity contribution in [3.8, 4) is 11.6 Å². The van der Waals surface area contributed by atoms with Crippen LogP contribution in [-0.4, -0.2) is 31.4 Å². The van der Waals surface area contributed by atoms with E-state index in [9.17, 15) is 0 Å². The second-order valence-electron chi connectivity index (χ2n) is 7.14. The number of nitrogens with zero attached hydrogens (tertiary/aromatic N) is 4. The summed E-state index contributed by atoms with van der Waals surface area (Å²) >= 11 is 0. The molecule has 2 N–H and O–H groups in total. The van der Waals surface area contributed by atoms with Crippen molar-refractivity contribution < 1.29 is 4.52 Å². The lowest BCUT2D eigenvalue weighted by Crippen LogP contribution is -2.40. The van der Waals surface area contributed by atoms with Gasteiger partial charge >= 0.3 is 0 Å². The third-order valence-corrected chi connectivity index (χ3v) is 5.01. The van der Waals surface area contributed by atoms with Crippen molar-refractivity contribution in [3.05, 3.63) is 12.2 Å². The Balaban J connectivity index is 1.72. The van der Waals surface area contributed by atoms with E-state index in [2.05, 4.69) is 58.3 Å². The van der Waals surface area contributed by atoms with Gasteiger partial charge < -0.3 is 9.84 Å². The van der Waals surface area contributed by atoms with Gasteiger partial charge in [0.2, 0.25) is 11.7 Å². The Hall–Kier alpha value is -1.76. The molecule has 0 radical (unpaired) electrons. The first-order chi connectivity index (χ1) is 11.0. The zero-order valence-corrected chi connectivity index (χ0v) is 14.3. The van der Waals surface area contributed by atoms with Crippen LogP contribution in [0.4, 0.5) is 0 Å². The molecule has 0 aliphatic heterocycles. The Labute approximate surface area is 136 Å². The van der Waals surface area contributed by atoms with Gasteiger partial charge in [-0.25, -0.2) is 4.98 Å². The van der Waals surface area contributed by atoms with Gasteiger partial charge in [-0.15, -0.1) is 0 Å². The highest BCUT2D eigenvalue weighted by Gasteiger charge is 2.30. The molecule has 0 unspecified atom stereocenters. The Kier molecular flexibility index (Phi) is 4.75. The molecule has 126 valence electrons. The minimum atomic E-state index is 0.0600. The van der Waals surface area contributed by atoms with Gasteiger partial charge in [-0.05, 0) is 37.0 Å². The zero-order valence-electron chi connectivity index (χ0n) is 14.3. The maximum absolute atomic E-state index is 5.49. The second-order valence-corrected chi connectivity index (χ2v) is 7.14. The van der Waals surface area contributed by atoms with Gasteiger partial charge in [0.15, 0.2) is 5.82 Å². The number of H-pyrrole nitrogens is 1. The highest BCUT2D eigenvalue weighted by Crippen LogP contribution is 2.32. The monoisotopic (exact) mass is 318 g/mol. The van der Waals surface area contributed by atoms with Crippen molar-refractivity contribution in [2.75, 3.05) is 0 Å². The third-order valence-electron chi connectivity index (χ3n) is 5.01. The summed E-state index contributed by atoms with van der Waals surface area (Å²) in [6, 6.07) is 0.569. The molecule has 1 saturated carbocycles. The van der Waals surface area contributed by atoms with E-state index in [1.54, 1.807) is 0 Å². The van der Waals surface area contributed by atoms with E-state index < -0.39 is 0 Å². The van der Waals surface area contributed by atoms with Crippen LogP contribution in [0.15, 0.2) is 10.9 Å². The molecule has 1 fully saturated rings. The minimum absolute atomic E-state index is 0.0600. The summed E-state index contributed by atoms with van der Waals surface area (Å²) in [5, 5.41) is 14.3. The van der Waals surface area contributed by atoms with E-state index in [0.29, 0.717) is 29.5 Å². The van der Waals surface area contributed by atoms with Crippen molar-refractivity contribution in [1.82, 2.24) is 30.6 Å². The first-order valence-corrected chi connectivity index (χ1v) is 8.50. The standard InChI is InChI=1S/C16H26N6O/c1-9(2)13(19-12-6-5-10(3)11(4)7-12)16-20-15(22-23-16)14-17-8-18-21-14/h8-13,19H,5-7H2,1-4H3,(H,17,18,21)/t10-,11+,12+,13-/m0/s1. The van der Waals surface area contributed by atoms with Crippen LogP contribution in [0, 0.1) is 17.8 Å². The SMILES string of the molecule is CC(C)[C@H](N[C@@H]1CC[C@H](C)[C@H](C)C1)c1nc(-c2ncn[nH]2)no1. The van der Waals surface area contributed by atoms with Crippen molar-refractivity contribution >= 4 is 0 Å². The maximum Gasteiger partial charge on any atom is 0.244 e. The molecule has 1 aliphatic rings. The first kappa shape index (κ1) is 16.1. The summed E-state index contributed by atoms with van der Waals surface area (Å²) in [5.41, 5.74) is 0. The van der Waals surface area contributed by atoms with Crippen LogP contribution in [0.25, 0.3) is 11.6 Å². The molecule has 2 heterocycles. The molecule has 2 aromatic heterocycles. The van der Waals surface area contributed by atoms with Gasteiger partial charge in [0.05, 0.1) is 6.04 Å². The number of hydrogen-bond donors (Lipinski definition) is 2. The normalized spacial score (nSPS) is 26.6. The minimum Gasteiger partial charge on any atom is -0.337 e. The summed E-state index contributed by atoms with van der Waals surface area (Å²) in [4.78, 5) is 8.57. The molecule has 4 atom stereocenters. The first-order valence-electron chi connectivity index (χ1n) is 8.50. The van der Waals surface area contributed by atoms with E-state index in [1.165, 1.54) is 25.6 Å².